The van der Waals surface area contributed by atoms with Crippen molar-refractivity contribution in [1.82, 2.24) is 4.57 Å². The van der Waals surface area contributed by atoms with Crippen molar-refractivity contribution in [3.63, 3.8) is 0 Å². The van der Waals surface area contributed by atoms with Crippen LogP contribution in [-0.4, -0.2) is 33.3 Å². The summed E-state index contributed by atoms with van der Waals surface area (Å²) in [6.45, 7) is 5.22. The number of aromatic nitrogens is 1. The lowest BCUT2D eigenvalue weighted by Crippen LogP contribution is -2.34. The minimum Gasteiger partial charge on any atom is -0.457 e. The Morgan fingerprint density at radius 1 is 1.42 bits per heavy atom. The van der Waals surface area contributed by atoms with E-state index in [0.29, 0.717) is 0 Å². The fraction of sp³-hybridized carbons (Fsp3) is 0.333. The molecule has 1 aromatic rings. The van der Waals surface area contributed by atoms with Crippen LogP contribution >= 0.6 is 0 Å². The molecule has 0 spiro atoms. The molecule has 0 bridgehead atoms. The molecular formula is C12H16BNO5. The van der Waals surface area contributed by atoms with Gasteiger partial charge in [-0.15, -0.1) is 0 Å². The molecule has 1 rings (SSSR count). The molecule has 0 saturated heterocycles. The number of pyridine rings is 1. The molecule has 0 unspecified atom stereocenters. The smallest absolute Gasteiger partial charge is 0.457 e. The third-order valence-electron chi connectivity index (χ3n) is 2.05. The van der Waals surface area contributed by atoms with Crippen LogP contribution in [0, 0.1) is 0 Å². The van der Waals surface area contributed by atoms with E-state index in [0.717, 1.165) is 16.7 Å². The van der Waals surface area contributed by atoms with Crippen LogP contribution in [0.3, 0.4) is 0 Å². The van der Waals surface area contributed by atoms with Gasteiger partial charge in [0.1, 0.15) is 5.60 Å². The number of hydrogen-bond acceptors (Lipinski definition) is 5. The van der Waals surface area contributed by atoms with Gasteiger partial charge in [-0.05, 0) is 32.3 Å². The summed E-state index contributed by atoms with van der Waals surface area (Å²) in [5.41, 5.74) is -0.991. The topological polar surface area (TPSA) is 88.8 Å². The molecule has 2 N–H and O–H groups in total. The maximum Gasteiger partial charge on any atom is 0.488 e. The Morgan fingerprint density at radius 3 is 2.53 bits per heavy atom. The number of carbonyl (C=O) groups is 1. The lowest BCUT2D eigenvalue weighted by Gasteiger charge is -2.17. The monoisotopic (exact) mass is 265 g/mol. The highest BCUT2D eigenvalue weighted by molar-refractivity contribution is 6.58. The minimum absolute atomic E-state index is 0.0897. The van der Waals surface area contributed by atoms with Gasteiger partial charge in [0, 0.05) is 24.5 Å². The van der Waals surface area contributed by atoms with Crippen LogP contribution in [-0.2, 0) is 9.53 Å². The fourth-order valence-electron chi connectivity index (χ4n) is 1.27. The first-order chi connectivity index (χ1) is 8.69. The summed E-state index contributed by atoms with van der Waals surface area (Å²) in [7, 11) is -1.70. The molecule has 0 amide bonds. The van der Waals surface area contributed by atoms with E-state index >= 15 is 0 Å². The Labute approximate surface area is 111 Å². The molecule has 7 heteroatoms. The van der Waals surface area contributed by atoms with Crippen molar-refractivity contribution in [3.8, 4) is 0 Å². The summed E-state index contributed by atoms with van der Waals surface area (Å²) >= 11 is 0. The lowest BCUT2D eigenvalue weighted by atomic mass is 9.81. The first-order valence-corrected chi connectivity index (χ1v) is 5.68. The molecule has 1 heterocycles. The van der Waals surface area contributed by atoms with Crippen LogP contribution in [0.5, 0.6) is 0 Å². The number of hydrogen-bond donors (Lipinski definition) is 2. The zero-order valence-corrected chi connectivity index (χ0v) is 11.0. The Balaban J connectivity index is 2.83. The van der Waals surface area contributed by atoms with Gasteiger partial charge in [-0.25, -0.2) is 4.79 Å². The van der Waals surface area contributed by atoms with Crippen LogP contribution in [0.15, 0.2) is 29.2 Å². The first kappa shape index (κ1) is 15.2. The molecule has 0 fully saturated rings. The van der Waals surface area contributed by atoms with Gasteiger partial charge in [-0.2, -0.15) is 0 Å². The second kappa shape index (κ2) is 5.86. The van der Waals surface area contributed by atoms with Crippen LogP contribution in [0.4, 0.5) is 0 Å². The quantitative estimate of drug-likeness (QED) is 0.430. The highest BCUT2D eigenvalue weighted by atomic mass is 16.6. The highest BCUT2D eigenvalue weighted by Crippen LogP contribution is 2.07. The van der Waals surface area contributed by atoms with E-state index in [1.54, 1.807) is 20.8 Å². The Kier molecular flexibility index (Phi) is 4.69. The largest absolute Gasteiger partial charge is 0.488 e. The number of esters is 1. The van der Waals surface area contributed by atoms with Gasteiger partial charge in [0.2, 0.25) is 0 Å². The lowest BCUT2D eigenvalue weighted by molar-refractivity contribution is -0.148. The van der Waals surface area contributed by atoms with Crippen LogP contribution in [0.1, 0.15) is 20.8 Å². The zero-order valence-electron chi connectivity index (χ0n) is 11.0. The summed E-state index contributed by atoms with van der Waals surface area (Å²) in [5.74, 6) is -0.564. The summed E-state index contributed by atoms with van der Waals surface area (Å²) in [4.78, 5) is 23.0. The van der Waals surface area contributed by atoms with Crippen molar-refractivity contribution < 1.29 is 19.6 Å². The molecule has 0 aliphatic carbocycles. The van der Waals surface area contributed by atoms with Gasteiger partial charge in [-0.1, -0.05) is 0 Å². The first-order valence-electron chi connectivity index (χ1n) is 5.68. The van der Waals surface area contributed by atoms with Crippen molar-refractivity contribution in [2.75, 3.05) is 0 Å². The second-order valence-electron chi connectivity index (χ2n) is 4.93. The molecule has 19 heavy (non-hydrogen) atoms. The molecular weight excluding hydrogens is 249 g/mol. The van der Waals surface area contributed by atoms with E-state index in [-0.39, 0.29) is 5.46 Å². The number of nitrogens with zero attached hydrogens (tertiary/aromatic N) is 1. The van der Waals surface area contributed by atoms with E-state index in [2.05, 4.69) is 0 Å². The van der Waals surface area contributed by atoms with Gasteiger partial charge in [0.15, 0.2) is 0 Å². The molecule has 102 valence electrons. The maximum atomic E-state index is 11.6. The zero-order chi connectivity index (χ0) is 14.6. The SMILES string of the molecule is CC(C)(C)OC(=O)C=Cn1ccc(B(O)O)cc1=O. The maximum absolute atomic E-state index is 11.6. The predicted octanol–water partition coefficient (Wildman–Crippen LogP) is -0.659. The van der Waals surface area contributed by atoms with E-state index in [1.165, 1.54) is 18.5 Å². The number of rotatable bonds is 3. The van der Waals surface area contributed by atoms with Gasteiger partial charge in [0.25, 0.3) is 5.56 Å². The van der Waals surface area contributed by atoms with Crippen LogP contribution < -0.4 is 11.0 Å². The van der Waals surface area contributed by atoms with E-state index in [1.807, 2.05) is 0 Å². The molecule has 6 nitrogen and oxygen atoms in total. The molecule has 0 aliphatic heterocycles. The molecule has 1 aromatic heterocycles. The van der Waals surface area contributed by atoms with Crippen molar-refractivity contribution >= 4 is 24.8 Å². The molecule has 0 aliphatic rings. The van der Waals surface area contributed by atoms with Gasteiger partial charge in [0.05, 0.1) is 0 Å². The van der Waals surface area contributed by atoms with Crippen molar-refractivity contribution in [2.45, 2.75) is 26.4 Å². The molecule has 0 aromatic carbocycles. The van der Waals surface area contributed by atoms with Gasteiger partial charge >= 0.3 is 13.1 Å². The Hall–Kier alpha value is -1.86. The summed E-state index contributed by atoms with van der Waals surface area (Å²) in [6.07, 6.45) is 3.71. The highest BCUT2D eigenvalue weighted by Gasteiger charge is 2.14. The van der Waals surface area contributed by atoms with Crippen molar-refractivity contribution in [3.05, 3.63) is 34.8 Å². The van der Waals surface area contributed by atoms with Gasteiger partial charge in [-0.3, -0.25) is 9.36 Å². The second-order valence-corrected chi connectivity index (χ2v) is 4.93. The third-order valence-corrected chi connectivity index (χ3v) is 2.05. The fourth-order valence-corrected chi connectivity index (χ4v) is 1.27. The number of carbonyl (C=O) groups excluding carboxylic acids is 1. The van der Waals surface area contributed by atoms with E-state index in [9.17, 15) is 9.59 Å². The molecule has 0 saturated carbocycles. The van der Waals surface area contributed by atoms with Crippen molar-refractivity contribution in [1.29, 1.82) is 0 Å². The summed E-state index contributed by atoms with van der Waals surface area (Å²) in [6, 6.07) is 2.44. The molecule has 0 atom stereocenters. The van der Waals surface area contributed by atoms with Gasteiger partial charge < -0.3 is 14.8 Å². The number of ether oxygens (including phenoxy) is 1. The Bertz CT molecular complexity index is 542. The average molecular weight is 265 g/mol. The van der Waals surface area contributed by atoms with Crippen LogP contribution in [0.2, 0.25) is 0 Å². The molecule has 0 radical (unpaired) electrons. The Morgan fingerprint density at radius 2 is 2.05 bits per heavy atom. The van der Waals surface area contributed by atoms with Crippen molar-refractivity contribution in [2.24, 2.45) is 0 Å². The van der Waals surface area contributed by atoms with Crippen LogP contribution in [0.25, 0.3) is 6.20 Å². The van der Waals surface area contributed by atoms with E-state index in [4.69, 9.17) is 14.8 Å². The summed E-state index contributed by atoms with van der Waals surface area (Å²) in [5, 5.41) is 17.8. The standard InChI is InChI=1S/C12H16BNO5/c1-12(2,3)19-11(16)5-7-14-6-4-9(13(17)18)8-10(14)15/h4-8,17-18H,1-3H3. The average Bonchev–Trinajstić information content (AvgIpc) is 2.24. The van der Waals surface area contributed by atoms with E-state index < -0.39 is 24.2 Å². The third kappa shape index (κ3) is 5.11. The normalized spacial score (nSPS) is 11.6. The summed E-state index contributed by atoms with van der Waals surface area (Å²) < 4.78 is 6.17. The minimum atomic E-state index is -1.70. The predicted molar refractivity (Wildman–Crippen MR) is 71.7 cm³/mol.